The van der Waals surface area contributed by atoms with Crippen LogP contribution in [0.15, 0.2) is 99.9 Å². The van der Waals surface area contributed by atoms with Crippen LogP contribution in [0.5, 0.6) is 5.75 Å². The Morgan fingerprint density at radius 3 is 2.30 bits per heavy atom. The minimum Gasteiger partial charge on any atom is -0.483 e. The van der Waals surface area contributed by atoms with Gasteiger partial charge in [0.2, 0.25) is 5.91 Å². The molecule has 0 spiro atoms. The maximum absolute atomic E-state index is 13.7. The van der Waals surface area contributed by atoms with Crippen molar-refractivity contribution in [2.75, 3.05) is 13.2 Å². The van der Waals surface area contributed by atoms with E-state index in [9.17, 15) is 9.59 Å². The maximum Gasteiger partial charge on any atom is 0.261 e. The first kappa shape index (κ1) is 26.9. The summed E-state index contributed by atoms with van der Waals surface area (Å²) in [6.45, 7) is 2.44. The van der Waals surface area contributed by atoms with Gasteiger partial charge in [-0.25, -0.2) is 0 Å². The first-order chi connectivity index (χ1) is 18.0. The predicted molar refractivity (Wildman–Crippen MR) is 154 cm³/mol. The molecule has 0 bridgehead atoms. The Morgan fingerprint density at radius 2 is 1.57 bits per heavy atom. The first-order valence-electron chi connectivity index (χ1n) is 12.1. The van der Waals surface area contributed by atoms with E-state index in [4.69, 9.17) is 4.74 Å². The number of ether oxygens (including phenoxy) is 1. The SMILES string of the molecule is CCNC(=O)C(Cc1ccccc1)N(Cc1ccc(Br)cc1)C(=O)COc1ccc2ccccc2c1Br. The molecule has 190 valence electrons. The third-order valence-electron chi connectivity index (χ3n) is 6.07. The van der Waals surface area contributed by atoms with Crippen LogP contribution in [0.25, 0.3) is 10.8 Å². The summed E-state index contributed by atoms with van der Waals surface area (Å²) in [7, 11) is 0. The van der Waals surface area contributed by atoms with Gasteiger partial charge in [0.1, 0.15) is 11.8 Å². The molecule has 0 aliphatic rings. The lowest BCUT2D eigenvalue weighted by Crippen LogP contribution is -2.51. The van der Waals surface area contributed by atoms with Crippen molar-refractivity contribution in [2.45, 2.75) is 25.9 Å². The number of nitrogens with zero attached hydrogens (tertiary/aromatic N) is 1. The number of nitrogens with one attached hydrogen (secondary N) is 1. The molecule has 5 nitrogen and oxygen atoms in total. The van der Waals surface area contributed by atoms with Crippen molar-refractivity contribution in [3.05, 3.63) is 111 Å². The van der Waals surface area contributed by atoms with E-state index in [-0.39, 0.29) is 25.0 Å². The summed E-state index contributed by atoms with van der Waals surface area (Å²) in [4.78, 5) is 28.6. The molecule has 0 saturated carbocycles. The van der Waals surface area contributed by atoms with Crippen LogP contribution >= 0.6 is 31.9 Å². The number of fused-ring (bicyclic) bond motifs is 1. The van der Waals surface area contributed by atoms with Gasteiger partial charge in [0, 0.05) is 24.0 Å². The smallest absolute Gasteiger partial charge is 0.261 e. The van der Waals surface area contributed by atoms with E-state index >= 15 is 0 Å². The molecular weight excluding hydrogens is 596 g/mol. The zero-order valence-electron chi connectivity index (χ0n) is 20.5. The highest BCUT2D eigenvalue weighted by molar-refractivity contribution is 9.11. The third kappa shape index (κ3) is 6.99. The Morgan fingerprint density at radius 1 is 0.865 bits per heavy atom. The fraction of sp³-hybridized carbons (Fsp3) is 0.200. The average Bonchev–Trinajstić information content (AvgIpc) is 2.92. The molecule has 1 N–H and O–H groups in total. The van der Waals surface area contributed by atoms with Crippen LogP contribution in [0, 0.1) is 0 Å². The first-order valence-corrected chi connectivity index (χ1v) is 13.7. The Hall–Kier alpha value is -3.16. The summed E-state index contributed by atoms with van der Waals surface area (Å²) in [5.74, 6) is 0.118. The molecule has 0 aromatic heterocycles. The number of benzene rings is 4. The van der Waals surface area contributed by atoms with Gasteiger partial charge in [-0.15, -0.1) is 0 Å². The topological polar surface area (TPSA) is 58.6 Å². The van der Waals surface area contributed by atoms with Crippen molar-refractivity contribution < 1.29 is 14.3 Å². The van der Waals surface area contributed by atoms with Gasteiger partial charge in [0.25, 0.3) is 5.91 Å². The summed E-state index contributed by atoms with van der Waals surface area (Å²) in [5, 5.41) is 4.99. The molecule has 0 aliphatic heterocycles. The van der Waals surface area contributed by atoms with Crippen LogP contribution in [0.2, 0.25) is 0 Å². The molecule has 7 heteroatoms. The summed E-state index contributed by atoms with van der Waals surface area (Å²) in [6.07, 6.45) is 0.397. The third-order valence-corrected chi connectivity index (χ3v) is 7.41. The minimum atomic E-state index is -0.692. The summed E-state index contributed by atoms with van der Waals surface area (Å²) < 4.78 is 7.75. The average molecular weight is 624 g/mol. The van der Waals surface area contributed by atoms with Crippen LogP contribution in [-0.4, -0.2) is 35.9 Å². The molecule has 0 aliphatic carbocycles. The zero-order chi connectivity index (χ0) is 26.2. The van der Waals surface area contributed by atoms with Crippen molar-refractivity contribution >= 4 is 54.4 Å². The van der Waals surface area contributed by atoms with Crippen molar-refractivity contribution in [3.63, 3.8) is 0 Å². The summed E-state index contributed by atoms with van der Waals surface area (Å²) in [5.41, 5.74) is 1.90. The van der Waals surface area contributed by atoms with Gasteiger partial charge in [-0.1, -0.05) is 88.7 Å². The van der Waals surface area contributed by atoms with E-state index in [1.54, 1.807) is 4.90 Å². The number of rotatable bonds is 10. The van der Waals surface area contributed by atoms with E-state index < -0.39 is 6.04 Å². The number of carbonyl (C=O) groups is 2. The monoisotopic (exact) mass is 622 g/mol. The van der Waals surface area contributed by atoms with Gasteiger partial charge in [-0.05, 0) is 63.0 Å². The molecule has 4 aromatic carbocycles. The molecule has 4 aromatic rings. The summed E-state index contributed by atoms with van der Waals surface area (Å²) >= 11 is 7.09. The van der Waals surface area contributed by atoms with Gasteiger partial charge in [0.15, 0.2) is 6.61 Å². The highest BCUT2D eigenvalue weighted by Crippen LogP contribution is 2.33. The second-order valence-corrected chi connectivity index (χ2v) is 10.3. The van der Waals surface area contributed by atoms with Crippen LogP contribution < -0.4 is 10.1 Å². The second-order valence-electron chi connectivity index (χ2n) is 8.64. The van der Waals surface area contributed by atoms with Crippen LogP contribution in [-0.2, 0) is 22.6 Å². The highest BCUT2D eigenvalue weighted by Gasteiger charge is 2.30. The molecule has 2 amide bonds. The number of carbonyl (C=O) groups excluding carboxylic acids is 2. The van der Waals surface area contributed by atoms with Gasteiger partial charge in [-0.2, -0.15) is 0 Å². The Balaban J connectivity index is 1.62. The van der Waals surface area contributed by atoms with Crippen molar-refractivity contribution in [1.82, 2.24) is 10.2 Å². The van der Waals surface area contributed by atoms with Gasteiger partial charge < -0.3 is 15.0 Å². The molecule has 0 saturated heterocycles. The molecule has 1 unspecified atom stereocenters. The standard InChI is InChI=1S/C30H28Br2N2O3/c1-2-33-30(36)26(18-21-8-4-3-5-9-21)34(19-22-12-15-24(31)16-13-22)28(35)20-37-27-17-14-23-10-6-7-11-25(23)29(27)32/h3-17,26H,2,18-20H2,1H3,(H,33,36). The lowest BCUT2D eigenvalue weighted by atomic mass is 10.0. The lowest BCUT2D eigenvalue weighted by molar-refractivity contribution is -0.142. The number of likely N-dealkylation sites (N-methyl/N-ethyl adjacent to an activating group) is 1. The van der Waals surface area contributed by atoms with Crippen LogP contribution in [0.3, 0.4) is 0 Å². The predicted octanol–water partition coefficient (Wildman–Crippen LogP) is 6.52. The fourth-order valence-corrected chi connectivity index (χ4v) is 5.05. The lowest BCUT2D eigenvalue weighted by Gasteiger charge is -2.31. The van der Waals surface area contributed by atoms with Crippen LogP contribution in [0.1, 0.15) is 18.1 Å². The van der Waals surface area contributed by atoms with Gasteiger partial charge >= 0.3 is 0 Å². The van der Waals surface area contributed by atoms with Gasteiger partial charge in [0.05, 0.1) is 4.47 Å². The Kier molecular flexibility index (Phi) is 9.36. The zero-order valence-corrected chi connectivity index (χ0v) is 23.7. The molecule has 4 rings (SSSR count). The van der Waals surface area contributed by atoms with Crippen molar-refractivity contribution in [2.24, 2.45) is 0 Å². The van der Waals surface area contributed by atoms with E-state index in [0.717, 1.165) is 30.8 Å². The fourth-order valence-electron chi connectivity index (χ4n) is 4.18. The Labute approximate surface area is 234 Å². The molecule has 0 heterocycles. The molecular formula is C30H28Br2N2O3. The van der Waals surface area contributed by atoms with Crippen molar-refractivity contribution in [1.29, 1.82) is 0 Å². The molecule has 0 radical (unpaired) electrons. The number of hydrogen-bond acceptors (Lipinski definition) is 3. The number of amides is 2. The second kappa shape index (κ2) is 12.9. The molecule has 1 atom stereocenters. The normalized spacial score (nSPS) is 11.6. The largest absolute Gasteiger partial charge is 0.483 e. The van der Waals surface area contributed by atoms with Crippen molar-refractivity contribution in [3.8, 4) is 5.75 Å². The number of hydrogen-bond donors (Lipinski definition) is 1. The van der Waals surface area contributed by atoms with Crippen LogP contribution in [0.4, 0.5) is 0 Å². The van der Waals surface area contributed by atoms with E-state index in [2.05, 4.69) is 37.2 Å². The van der Waals surface area contributed by atoms with E-state index in [0.29, 0.717) is 18.7 Å². The minimum absolute atomic E-state index is 0.191. The maximum atomic E-state index is 13.7. The number of halogens is 2. The van der Waals surface area contributed by atoms with Gasteiger partial charge in [-0.3, -0.25) is 9.59 Å². The van der Waals surface area contributed by atoms with E-state index in [1.807, 2.05) is 97.9 Å². The quantitative estimate of drug-likeness (QED) is 0.219. The molecule has 0 fully saturated rings. The highest BCUT2D eigenvalue weighted by atomic mass is 79.9. The summed E-state index contributed by atoms with van der Waals surface area (Å²) in [6, 6.07) is 28.6. The Bertz CT molecular complexity index is 1360. The van der Waals surface area contributed by atoms with E-state index in [1.165, 1.54) is 0 Å². The molecule has 37 heavy (non-hydrogen) atoms.